The molecule has 2 N–H and O–H groups in total. The first-order valence-corrected chi connectivity index (χ1v) is 8.67. The molecule has 8 heteroatoms. The highest BCUT2D eigenvalue weighted by Gasteiger charge is 2.21. The number of benzene rings is 1. The van der Waals surface area contributed by atoms with Crippen molar-refractivity contribution in [2.24, 2.45) is 5.14 Å². The van der Waals surface area contributed by atoms with Crippen LogP contribution in [0.5, 0.6) is 0 Å². The molecule has 20 heavy (non-hydrogen) atoms. The maximum atomic E-state index is 12.3. The van der Waals surface area contributed by atoms with Crippen LogP contribution >= 0.6 is 27.5 Å². The van der Waals surface area contributed by atoms with E-state index in [-0.39, 0.29) is 21.4 Å². The summed E-state index contributed by atoms with van der Waals surface area (Å²) < 4.78 is 23.1. The van der Waals surface area contributed by atoms with E-state index in [1.807, 2.05) is 6.92 Å². The normalized spacial score (nSPS) is 11.4. The molecule has 0 aliphatic heterocycles. The zero-order valence-corrected chi connectivity index (χ0v) is 14.3. The van der Waals surface area contributed by atoms with E-state index in [1.54, 1.807) is 7.05 Å². The molecule has 0 fully saturated rings. The molecule has 5 nitrogen and oxygen atoms in total. The van der Waals surface area contributed by atoms with E-state index in [4.69, 9.17) is 16.7 Å². The highest BCUT2D eigenvalue weighted by Crippen LogP contribution is 2.30. The molecule has 1 rings (SSSR count). The predicted molar refractivity (Wildman–Crippen MR) is 82.4 cm³/mol. The van der Waals surface area contributed by atoms with Gasteiger partial charge in [0, 0.05) is 18.1 Å². The fourth-order valence-electron chi connectivity index (χ4n) is 1.59. The van der Waals surface area contributed by atoms with Gasteiger partial charge >= 0.3 is 0 Å². The van der Waals surface area contributed by atoms with Crippen molar-refractivity contribution in [3.63, 3.8) is 0 Å². The van der Waals surface area contributed by atoms with Crippen molar-refractivity contribution in [1.29, 1.82) is 0 Å². The summed E-state index contributed by atoms with van der Waals surface area (Å²) in [5.74, 6) is -0.338. The Hall–Kier alpha value is -0.630. The second-order valence-electron chi connectivity index (χ2n) is 4.39. The van der Waals surface area contributed by atoms with Gasteiger partial charge in [0.05, 0.1) is 15.5 Å². The Morgan fingerprint density at radius 2 is 2.05 bits per heavy atom. The number of primary sulfonamides is 1. The smallest absolute Gasteiger partial charge is 0.255 e. The third-order valence-corrected chi connectivity index (χ3v) is 4.91. The Morgan fingerprint density at radius 3 is 2.55 bits per heavy atom. The van der Waals surface area contributed by atoms with Gasteiger partial charge in [0.25, 0.3) is 5.91 Å². The highest BCUT2D eigenvalue weighted by atomic mass is 79.9. The van der Waals surface area contributed by atoms with Crippen molar-refractivity contribution < 1.29 is 13.2 Å². The van der Waals surface area contributed by atoms with Gasteiger partial charge in [0.15, 0.2) is 0 Å². The van der Waals surface area contributed by atoms with Crippen molar-refractivity contribution in [2.75, 3.05) is 13.6 Å². The van der Waals surface area contributed by atoms with E-state index in [2.05, 4.69) is 15.9 Å². The van der Waals surface area contributed by atoms with Crippen LogP contribution in [0.3, 0.4) is 0 Å². The number of nitrogens with zero attached hydrogens (tertiary/aromatic N) is 1. The van der Waals surface area contributed by atoms with Crippen molar-refractivity contribution >= 4 is 43.5 Å². The SMILES string of the molecule is CCCCN(C)C(=O)c1cc(S(N)(=O)=O)cc(Br)c1Cl. The lowest BCUT2D eigenvalue weighted by Gasteiger charge is -2.18. The lowest BCUT2D eigenvalue weighted by Crippen LogP contribution is -2.28. The van der Waals surface area contributed by atoms with Crippen molar-refractivity contribution in [2.45, 2.75) is 24.7 Å². The summed E-state index contributed by atoms with van der Waals surface area (Å²) >= 11 is 9.20. The fraction of sp³-hybridized carbons (Fsp3) is 0.417. The summed E-state index contributed by atoms with van der Waals surface area (Å²) in [4.78, 5) is 13.6. The number of rotatable bonds is 5. The van der Waals surface area contributed by atoms with Crippen LogP contribution in [0.15, 0.2) is 21.5 Å². The predicted octanol–water partition coefficient (Wildman–Crippen LogP) is 2.62. The summed E-state index contributed by atoms with van der Waals surface area (Å²) in [5, 5.41) is 5.26. The Bertz CT molecular complexity index is 619. The molecule has 1 aromatic rings. The van der Waals surface area contributed by atoms with Crippen molar-refractivity contribution in [3.8, 4) is 0 Å². The lowest BCUT2D eigenvalue weighted by atomic mass is 10.2. The zero-order chi connectivity index (χ0) is 15.5. The molecule has 1 amide bonds. The maximum absolute atomic E-state index is 12.3. The van der Waals surface area contributed by atoms with Crippen LogP contribution in [0.25, 0.3) is 0 Å². The molecule has 0 spiro atoms. The summed E-state index contributed by atoms with van der Waals surface area (Å²) in [6.45, 7) is 2.59. The molecule has 0 bridgehead atoms. The van der Waals surface area contributed by atoms with Crippen LogP contribution in [-0.2, 0) is 10.0 Å². The van der Waals surface area contributed by atoms with Crippen LogP contribution < -0.4 is 5.14 Å². The van der Waals surface area contributed by atoms with Gasteiger partial charge in [0.2, 0.25) is 10.0 Å². The molecule has 0 heterocycles. The first kappa shape index (κ1) is 17.4. The minimum absolute atomic E-state index is 0.115. The van der Waals surface area contributed by atoms with Gasteiger partial charge in [-0.3, -0.25) is 4.79 Å². The summed E-state index contributed by atoms with van der Waals surface area (Å²) in [6.07, 6.45) is 1.81. The van der Waals surface area contributed by atoms with Crippen LogP contribution in [0, 0.1) is 0 Å². The van der Waals surface area contributed by atoms with E-state index < -0.39 is 10.0 Å². The van der Waals surface area contributed by atoms with Crippen LogP contribution in [0.1, 0.15) is 30.1 Å². The minimum atomic E-state index is -3.90. The standard InChI is InChI=1S/C12H16BrClN2O3S/c1-3-4-5-16(2)12(17)9-6-8(20(15,18)19)7-10(13)11(9)14/h6-7H,3-5H2,1-2H3,(H2,15,18,19). The zero-order valence-electron chi connectivity index (χ0n) is 11.2. The molecule has 0 unspecified atom stereocenters. The topological polar surface area (TPSA) is 80.5 Å². The van der Waals surface area contributed by atoms with Gasteiger partial charge in [-0.15, -0.1) is 0 Å². The molecular formula is C12H16BrClN2O3S. The minimum Gasteiger partial charge on any atom is -0.342 e. The van der Waals surface area contributed by atoms with Gasteiger partial charge in [-0.05, 0) is 34.5 Å². The summed E-state index contributed by atoms with van der Waals surface area (Å²) in [6, 6.07) is 2.48. The maximum Gasteiger partial charge on any atom is 0.255 e. The number of amides is 1. The van der Waals surface area contributed by atoms with Crippen LogP contribution in [0.4, 0.5) is 0 Å². The van der Waals surface area contributed by atoms with Gasteiger partial charge < -0.3 is 4.90 Å². The molecule has 0 saturated carbocycles. The van der Waals surface area contributed by atoms with Gasteiger partial charge in [-0.1, -0.05) is 24.9 Å². The molecule has 0 atom stereocenters. The van der Waals surface area contributed by atoms with Gasteiger partial charge in [0.1, 0.15) is 0 Å². The Kier molecular flexibility index (Phi) is 6.00. The average molecular weight is 384 g/mol. The van der Waals surface area contributed by atoms with Gasteiger partial charge in [-0.2, -0.15) is 0 Å². The van der Waals surface area contributed by atoms with E-state index in [9.17, 15) is 13.2 Å². The van der Waals surface area contributed by atoms with Gasteiger partial charge in [-0.25, -0.2) is 13.6 Å². The monoisotopic (exact) mass is 382 g/mol. The van der Waals surface area contributed by atoms with E-state index in [0.29, 0.717) is 11.0 Å². The second kappa shape index (κ2) is 6.89. The number of nitrogens with two attached hydrogens (primary N) is 1. The van der Waals surface area contributed by atoms with Crippen LogP contribution in [0.2, 0.25) is 5.02 Å². The van der Waals surface area contributed by atoms with Crippen molar-refractivity contribution in [3.05, 3.63) is 27.2 Å². The first-order valence-electron chi connectivity index (χ1n) is 5.95. The Labute approximate surface area is 132 Å². The summed E-state index contributed by atoms with van der Waals surface area (Å²) in [5.41, 5.74) is 0.115. The molecule has 112 valence electrons. The lowest BCUT2D eigenvalue weighted by molar-refractivity contribution is 0.0793. The third kappa shape index (κ3) is 4.18. The Balaban J connectivity index is 3.24. The third-order valence-electron chi connectivity index (χ3n) is 2.75. The second-order valence-corrected chi connectivity index (χ2v) is 7.19. The number of unbranched alkanes of at least 4 members (excludes halogenated alkanes) is 1. The number of sulfonamides is 1. The summed E-state index contributed by atoms with van der Waals surface area (Å²) in [7, 11) is -2.26. The molecule has 0 aliphatic carbocycles. The van der Waals surface area contributed by atoms with E-state index in [1.165, 1.54) is 17.0 Å². The average Bonchev–Trinajstić information content (AvgIpc) is 2.36. The molecule has 0 aliphatic rings. The number of hydrogen-bond donors (Lipinski definition) is 1. The van der Waals surface area contributed by atoms with Crippen LogP contribution in [-0.4, -0.2) is 32.8 Å². The van der Waals surface area contributed by atoms with Crippen molar-refractivity contribution in [1.82, 2.24) is 4.90 Å². The highest BCUT2D eigenvalue weighted by molar-refractivity contribution is 9.10. The molecule has 1 aromatic carbocycles. The molecular weight excluding hydrogens is 368 g/mol. The Morgan fingerprint density at radius 1 is 1.45 bits per heavy atom. The number of halogens is 2. The number of hydrogen-bond acceptors (Lipinski definition) is 3. The number of carbonyl (C=O) groups is 1. The largest absolute Gasteiger partial charge is 0.342 e. The molecule has 0 saturated heterocycles. The molecule has 0 radical (unpaired) electrons. The first-order chi connectivity index (χ1) is 9.18. The quantitative estimate of drug-likeness (QED) is 0.848. The number of carbonyl (C=O) groups excluding carboxylic acids is 1. The van der Waals surface area contributed by atoms with E-state index in [0.717, 1.165) is 12.8 Å². The molecule has 0 aromatic heterocycles. The van der Waals surface area contributed by atoms with E-state index >= 15 is 0 Å². The fourth-order valence-corrected chi connectivity index (χ4v) is 2.95.